The number of halogens is 1. The second kappa shape index (κ2) is 10.3. The lowest BCUT2D eigenvalue weighted by Gasteiger charge is -2.14. The molecule has 4 N–H and O–H groups in total. The average molecular weight is 492 g/mol. The number of H-pyrrole nitrogens is 1. The molecule has 2 aromatic heterocycles. The number of nitrogens with zero attached hydrogens (tertiary/aromatic N) is 2. The predicted molar refractivity (Wildman–Crippen MR) is 134 cm³/mol. The molecule has 0 saturated heterocycles. The summed E-state index contributed by atoms with van der Waals surface area (Å²) >= 11 is 5.98. The van der Waals surface area contributed by atoms with E-state index in [1.165, 1.54) is 6.07 Å². The van der Waals surface area contributed by atoms with Crippen LogP contribution in [-0.4, -0.2) is 20.4 Å². The van der Waals surface area contributed by atoms with Gasteiger partial charge in [-0.05, 0) is 55.0 Å². The number of nitrogens with one attached hydrogen (secondary N) is 2. The number of amides is 1. The number of nitrogens with two attached hydrogens (primary N) is 1. The van der Waals surface area contributed by atoms with Gasteiger partial charge in [-0.25, -0.2) is 9.78 Å². The van der Waals surface area contributed by atoms with Gasteiger partial charge < -0.3 is 15.8 Å². The maximum atomic E-state index is 13.1. The number of ether oxygens (including phenoxy) is 1. The van der Waals surface area contributed by atoms with Gasteiger partial charge in [0, 0.05) is 29.7 Å². The Morgan fingerprint density at radius 1 is 1.09 bits per heavy atom. The molecule has 1 amide bonds. The van der Waals surface area contributed by atoms with E-state index >= 15 is 0 Å². The zero-order valence-corrected chi connectivity index (χ0v) is 19.5. The summed E-state index contributed by atoms with van der Waals surface area (Å²) in [6.45, 7) is 1.99. The van der Waals surface area contributed by atoms with Gasteiger partial charge in [0.15, 0.2) is 0 Å². The average Bonchev–Trinajstić information content (AvgIpc) is 2.84. The number of aromatic nitrogens is 3. The van der Waals surface area contributed by atoms with Crippen molar-refractivity contribution in [1.29, 1.82) is 0 Å². The summed E-state index contributed by atoms with van der Waals surface area (Å²) in [6, 6.07) is 18.7. The van der Waals surface area contributed by atoms with Crippen LogP contribution in [0.25, 0.3) is 0 Å². The molecule has 0 aliphatic heterocycles. The van der Waals surface area contributed by atoms with E-state index in [9.17, 15) is 14.4 Å². The van der Waals surface area contributed by atoms with Gasteiger partial charge >= 0.3 is 5.69 Å². The molecule has 178 valence electrons. The van der Waals surface area contributed by atoms with Crippen molar-refractivity contribution in [3.05, 3.63) is 109 Å². The van der Waals surface area contributed by atoms with Gasteiger partial charge in [0.1, 0.15) is 17.3 Å². The number of anilines is 2. The van der Waals surface area contributed by atoms with Crippen molar-refractivity contribution >= 4 is 29.0 Å². The molecule has 35 heavy (non-hydrogen) atoms. The van der Waals surface area contributed by atoms with E-state index in [1.54, 1.807) is 55.5 Å². The highest BCUT2D eigenvalue weighted by molar-refractivity contribution is 6.30. The zero-order chi connectivity index (χ0) is 24.9. The molecule has 0 saturated carbocycles. The Kier molecular flexibility index (Phi) is 6.98. The van der Waals surface area contributed by atoms with Crippen molar-refractivity contribution in [2.75, 3.05) is 5.32 Å². The number of benzene rings is 2. The highest BCUT2D eigenvalue weighted by Crippen LogP contribution is 2.24. The lowest BCUT2D eigenvalue weighted by atomic mass is 10.1. The third-order valence-electron chi connectivity index (χ3n) is 5.21. The fourth-order valence-electron chi connectivity index (χ4n) is 3.46. The maximum Gasteiger partial charge on any atom is 0.329 e. The highest BCUT2D eigenvalue weighted by atomic mass is 35.5. The molecule has 0 spiro atoms. The van der Waals surface area contributed by atoms with Gasteiger partial charge in [-0.1, -0.05) is 29.8 Å². The lowest BCUT2D eigenvalue weighted by Crippen LogP contribution is -2.37. The van der Waals surface area contributed by atoms with E-state index in [4.69, 9.17) is 22.1 Å². The van der Waals surface area contributed by atoms with Crippen LogP contribution >= 0.6 is 11.6 Å². The molecule has 0 fully saturated rings. The minimum atomic E-state index is -0.650. The summed E-state index contributed by atoms with van der Waals surface area (Å²) in [4.78, 5) is 43.6. The van der Waals surface area contributed by atoms with Gasteiger partial charge in [0.2, 0.25) is 5.88 Å². The Balaban J connectivity index is 1.60. The Morgan fingerprint density at radius 2 is 1.80 bits per heavy atom. The van der Waals surface area contributed by atoms with Gasteiger partial charge in [0.25, 0.3) is 11.5 Å². The van der Waals surface area contributed by atoms with Gasteiger partial charge in [0.05, 0.1) is 5.56 Å². The molecular formula is C25H22ClN5O4. The van der Waals surface area contributed by atoms with Crippen LogP contribution in [0.1, 0.15) is 28.5 Å². The van der Waals surface area contributed by atoms with E-state index in [2.05, 4.69) is 15.3 Å². The normalized spacial score (nSPS) is 10.7. The molecule has 0 aliphatic rings. The van der Waals surface area contributed by atoms with Gasteiger partial charge in [-0.3, -0.25) is 19.1 Å². The van der Waals surface area contributed by atoms with E-state index in [0.29, 0.717) is 34.3 Å². The quantitative estimate of drug-likeness (QED) is 0.343. The van der Waals surface area contributed by atoms with Crippen LogP contribution in [0.15, 0.2) is 76.3 Å². The van der Waals surface area contributed by atoms with E-state index in [1.807, 2.05) is 12.1 Å². The van der Waals surface area contributed by atoms with Crippen LogP contribution in [0.5, 0.6) is 11.6 Å². The van der Waals surface area contributed by atoms with Gasteiger partial charge in [-0.15, -0.1) is 0 Å². The molecule has 2 aromatic carbocycles. The number of carbonyl (C=O) groups excluding carboxylic acids is 1. The van der Waals surface area contributed by atoms with Crippen molar-refractivity contribution in [3.8, 4) is 11.6 Å². The number of hydrogen-bond donors (Lipinski definition) is 3. The number of aromatic amines is 1. The Morgan fingerprint density at radius 3 is 2.46 bits per heavy atom. The number of rotatable bonds is 8. The van der Waals surface area contributed by atoms with Crippen molar-refractivity contribution < 1.29 is 9.53 Å². The Hall–Kier alpha value is -4.37. The maximum absolute atomic E-state index is 13.1. The van der Waals surface area contributed by atoms with Crippen LogP contribution in [0.4, 0.5) is 11.5 Å². The first-order chi connectivity index (χ1) is 16.8. The summed E-state index contributed by atoms with van der Waals surface area (Å²) < 4.78 is 6.84. The third kappa shape index (κ3) is 5.59. The summed E-state index contributed by atoms with van der Waals surface area (Å²) in [5, 5.41) is 3.72. The Labute approximate surface area is 205 Å². The molecular weight excluding hydrogens is 470 g/mol. The van der Waals surface area contributed by atoms with Gasteiger partial charge in [-0.2, -0.15) is 0 Å². The van der Waals surface area contributed by atoms with Crippen LogP contribution in [-0.2, 0) is 13.0 Å². The molecule has 0 aliphatic carbocycles. The van der Waals surface area contributed by atoms with Crippen LogP contribution < -0.4 is 27.0 Å². The largest absolute Gasteiger partial charge is 0.439 e. The van der Waals surface area contributed by atoms with E-state index in [-0.39, 0.29) is 23.7 Å². The number of hydrogen-bond acceptors (Lipinski definition) is 6. The summed E-state index contributed by atoms with van der Waals surface area (Å²) in [6.07, 6.45) is 0.304. The zero-order valence-electron chi connectivity index (χ0n) is 18.7. The minimum Gasteiger partial charge on any atom is -0.439 e. The van der Waals surface area contributed by atoms with Crippen molar-refractivity contribution in [1.82, 2.24) is 14.5 Å². The highest BCUT2D eigenvalue weighted by Gasteiger charge is 2.15. The Bertz CT molecular complexity index is 1480. The molecule has 0 unspecified atom stereocenters. The standard InChI is InChI=1S/C25H22ClN5O4/c1-2-31-24(33)19(14-15-6-8-16(26)9-7-15)23(30-25(31)34)28-17-10-12-18(13-11-17)35-21-5-3-4-20(29-21)22(27)32/h3-13,28H,2,14H2,1H3,(H2,27,32)(H,30,34). The monoisotopic (exact) mass is 491 g/mol. The fourth-order valence-corrected chi connectivity index (χ4v) is 3.58. The first-order valence-corrected chi connectivity index (χ1v) is 11.1. The molecule has 4 rings (SSSR count). The third-order valence-corrected chi connectivity index (χ3v) is 5.47. The molecule has 10 heteroatoms. The molecule has 4 aromatic rings. The summed E-state index contributed by atoms with van der Waals surface area (Å²) in [5.74, 6) is 0.355. The molecule has 9 nitrogen and oxygen atoms in total. The number of primary amides is 1. The fraction of sp³-hybridized carbons (Fsp3) is 0.120. The summed E-state index contributed by atoms with van der Waals surface area (Å²) in [7, 11) is 0. The van der Waals surface area contributed by atoms with Crippen LogP contribution in [0.3, 0.4) is 0 Å². The van der Waals surface area contributed by atoms with Crippen LogP contribution in [0.2, 0.25) is 5.02 Å². The number of pyridine rings is 1. The van der Waals surface area contributed by atoms with E-state index in [0.717, 1.165) is 10.1 Å². The SMILES string of the molecule is CCn1c(=O)[nH]c(Nc2ccc(Oc3cccc(C(N)=O)n3)cc2)c(Cc2ccc(Cl)cc2)c1=O. The van der Waals surface area contributed by atoms with Crippen LogP contribution in [0, 0.1) is 0 Å². The topological polar surface area (TPSA) is 132 Å². The van der Waals surface area contributed by atoms with Crippen molar-refractivity contribution in [2.24, 2.45) is 5.73 Å². The molecule has 0 radical (unpaired) electrons. The lowest BCUT2D eigenvalue weighted by molar-refractivity contribution is 0.0995. The smallest absolute Gasteiger partial charge is 0.329 e. The second-order valence-corrected chi connectivity index (χ2v) is 8.05. The van der Waals surface area contributed by atoms with Crippen molar-refractivity contribution in [2.45, 2.75) is 19.9 Å². The second-order valence-electron chi connectivity index (χ2n) is 7.61. The van der Waals surface area contributed by atoms with Crippen molar-refractivity contribution in [3.63, 3.8) is 0 Å². The summed E-state index contributed by atoms with van der Waals surface area (Å²) in [5.41, 5.74) is 6.40. The first-order valence-electron chi connectivity index (χ1n) is 10.8. The number of carbonyl (C=O) groups is 1. The molecule has 2 heterocycles. The minimum absolute atomic E-state index is 0.0970. The first kappa shape index (κ1) is 23.8. The van der Waals surface area contributed by atoms with E-state index < -0.39 is 11.6 Å². The molecule has 0 bridgehead atoms. The predicted octanol–water partition coefficient (Wildman–Crippen LogP) is 3.83. The molecule has 0 atom stereocenters.